The molecule has 0 atom stereocenters. The van der Waals surface area contributed by atoms with E-state index in [0.29, 0.717) is 12.1 Å². The van der Waals surface area contributed by atoms with Crippen LogP contribution in [-0.2, 0) is 38.6 Å². The fourth-order valence-corrected chi connectivity index (χ4v) is 3.62. The van der Waals surface area contributed by atoms with Crippen molar-refractivity contribution in [3.05, 3.63) is 94.8 Å². The molecule has 8 nitrogen and oxygen atoms in total. The van der Waals surface area contributed by atoms with Crippen LogP contribution in [-0.4, -0.2) is 36.1 Å². The Bertz CT molecular complexity index is 1180. The summed E-state index contributed by atoms with van der Waals surface area (Å²) in [7, 11) is 0. The third-order valence-electron chi connectivity index (χ3n) is 5.36. The summed E-state index contributed by atoms with van der Waals surface area (Å²) in [6.45, 7) is 3.98. The number of hydrogen-bond acceptors (Lipinski definition) is 8. The van der Waals surface area contributed by atoms with Gasteiger partial charge in [-0.25, -0.2) is 9.59 Å². The minimum atomic E-state index is -0.732. The van der Waals surface area contributed by atoms with Crippen LogP contribution in [0, 0.1) is 0 Å². The van der Waals surface area contributed by atoms with Gasteiger partial charge in [0.15, 0.2) is 5.75 Å². The molecule has 0 amide bonds. The van der Waals surface area contributed by atoms with Gasteiger partial charge in [0.1, 0.15) is 18.8 Å². The molecule has 0 fully saturated rings. The van der Waals surface area contributed by atoms with Gasteiger partial charge in [0.25, 0.3) is 0 Å². The number of pyridine rings is 1. The normalized spacial score (nSPS) is 10.4. The summed E-state index contributed by atoms with van der Waals surface area (Å²) in [5.41, 5.74) is 1.92. The van der Waals surface area contributed by atoms with Gasteiger partial charge in [-0.2, -0.15) is 0 Å². The van der Waals surface area contributed by atoms with Crippen molar-refractivity contribution in [3.63, 3.8) is 0 Å². The van der Waals surface area contributed by atoms with Crippen molar-refractivity contribution in [2.75, 3.05) is 13.2 Å². The number of carbonyl (C=O) groups excluding carboxylic acids is 3. The first-order valence-corrected chi connectivity index (χ1v) is 12.3. The number of nitrogens with zero attached hydrogens (tertiary/aromatic N) is 1. The zero-order valence-corrected chi connectivity index (χ0v) is 21.1. The molecule has 1 heterocycles. The Balaban J connectivity index is 1.95. The largest absolute Gasteiger partial charge is 0.486 e. The molecule has 0 radical (unpaired) electrons. The molecule has 0 unspecified atom stereocenters. The standard InChI is InChI=1S/C29H31NO7/c1-3-34-25(31)17-11-16-23-26(28(32)35-4-2)27(29(33)37-20-22-14-9-6-10-15-22)24(18-30-23)36-19-21-12-7-5-8-13-21/h5-10,12-15,18H,3-4,11,16-17,19-20H2,1-2H3. The Hall–Kier alpha value is -4.20. The Morgan fingerprint density at radius 2 is 1.32 bits per heavy atom. The van der Waals surface area contributed by atoms with Gasteiger partial charge >= 0.3 is 17.9 Å². The summed E-state index contributed by atoms with van der Waals surface area (Å²) in [4.78, 5) is 42.7. The summed E-state index contributed by atoms with van der Waals surface area (Å²) < 4.78 is 21.8. The number of esters is 3. The third kappa shape index (κ3) is 8.17. The molecule has 0 aliphatic heterocycles. The summed E-state index contributed by atoms with van der Waals surface area (Å²) in [5.74, 6) is -1.67. The van der Waals surface area contributed by atoms with E-state index in [1.165, 1.54) is 6.20 Å². The van der Waals surface area contributed by atoms with E-state index < -0.39 is 11.9 Å². The first kappa shape index (κ1) is 27.4. The van der Waals surface area contributed by atoms with E-state index >= 15 is 0 Å². The van der Waals surface area contributed by atoms with Crippen LogP contribution in [0.4, 0.5) is 0 Å². The molecular formula is C29H31NO7. The molecule has 3 rings (SSSR count). The van der Waals surface area contributed by atoms with Crippen molar-refractivity contribution in [2.45, 2.75) is 46.3 Å². The highest BCUT2D eigenvalue weighted by Gasteiger charge is 2.29. The van der Waals surface area contributed by atoms with E-state index in [4.69, 9.17) is 18.9 Å². The van der Waals surface area contributed by atoms with Crippen LogP contribution in [0.15, 0.2) is 66.9 Å². The monoisotopic (exact) mass is 505 g/mol. The molecule has 8 heteroatoms. The van der Waals surface area contributed by atoms with Crippen molar-refractivity contribution in [1.82, 2.24) is 4.98 Å². The fraction of sp³-hybridized carbons (Fsp3) is 0.310. The van der Waals surface area contributed by atoms with E-state index in [9.17, 15) is 14.4 Å². The minimum Gasteiger partial charge on any atom is -0.486 e. The fourth-order valence-electron chi connectivity index (χ4n) is 3.62. The number of ether oxygens (including phenoxy) is 4. The third-order valence-corrected chi connectivity index (χ3v) is 5.36. The van der Waals surface area contributed by atoms with E-state index in [2.05, 4.69) is 4.98 Å². The number of aryl methyl sites for hydroxylation is 1. The zero-order chi connectivity index (χ0) is 26.5. The highest BCUT2D eigenvalue weighted by Crippen LogP contribution is 2.28. The second-order valence-electron chi connectivity index (χ2n) is 8.03. The van der Waals surface area contributed by atoms with Crippen LogP contribution in [0.5, 0.6) is 5.75 Å². The van der Waals surface area contributed by atoms with E-state index in [-0.39, 0.29) is 62.1 Å². The van der Waals surface area contributed by atoms with Crippen molar-refractivity contribution in [3.8, 4) is 5.75 Å². The van der Waals surface area contributed by atoms with Gasteiger partial charge < -0.3 is 18.9 Å². The Kier molecular flexibility index (Phi) is 10.6. The molecule has 0 spiro atoms. The number of hydrogen-bond donors (Lipinski definition) is 0. The van der Waals surface area contributed by atoms with Crippen LogP contribution >= 0.6 is 0 Å². The lowest BCUT2D eigenvalue weighted by atomic mass is 10.0. The summed E-state index contributed by atoms with van der Waals surface area (Å²) in [5, 5.41) is 0. The number of rotatable bonds is 13. The summed E-state index contributed by atoms with van der Waals surface area (Å²) >= 11 is 0. The Morgan fingerprint density at radius 1 is 0.730 bits per heavy atom. The van der Waals surface area contributed by atoms with Crippen LogP contribution in [0.3, 0.4) is 0 Å². The van der Waals surface area contributed by atoms with Gasteiger partial charge in [0.05, 0.1) is 30.7 Å². The summed E-state index contributed by atoms with van der Waals surface area (Å²) in [6.07, 6.45) is 2.19. The molecular weight excluding hydrogens is 474 g/mol. The van der Waals surface area contributed by atoms with Crippen molar-refractivity contribution >= 4 is 17.9 Å². The number of aromatic nitrogens is 1. The average Bonchev–Trinajstić information content (AvgIpc) is 2.92. The van der Waals surface area contributed by atoms with Gasteiger partial charge in [-0.1, -0.05) is 60.7 Å². The van der Waals surface area contributed by atoms with Gasteiger partial charge in [-0.05, 0) is 37.8 Å². The van der Waals surface area contributed by atoms with Gasteiger partial charge in [0.2, 0.25) is 0 Å². The second kappa shape index (κ2) is 14.4. The maximum atomic E-state index is 13.4. The van der Waals surface area contributed by atoms with E-state index in [1.54, 1.807) is 13.8 Å². The SMILES string of the molecule is CCOC(=O)CCCc1ncc(OCc2ccccc2)c(C(=O)OCc2ccccc2)c1C(=O)OCC. The van der Waals surface area contributed by atoms with Crippen LogP contribution < -0.4 is 4.74 Å². The van der Waals surface area contributed by atoms with E-state index in [0.717, 1.165) is 11.1 Å². The molecule has 0 aliphatic carbocycles. The average molecular weight is 506 g/mol. The lowest BCUT2D eigenvalue weighted by molar-refractivity contribution is -0.143. The number of carbonyl (C=O) groups is 3. The van der Waals surface area contributed by atoms with Crippen molar-refractivity contribution in [2.24, 2.45) is 0 Å². The highest BCUT2D eigenvalue weighted by molar-refractivity contribution is 6.05. The number of benzene rings is 2. The molecule has 0 bridgehead atoms. The predicted octanol–water partition coefficient (Wildman–Crippen LogP) is 5.08. The smallest absolute Gasteiger partial charge is 0.343 e. The highest BCUT2D eigenvalue weighted by atomic mass is 16.5. The van der Waals surface area contributed by atoms with Crippen molar-refractivity contribution in [1.29, 1.82) is 0 Å². The molecule has 194 valence electrons. The lowest BCUT2D eigenvalue weighted by Gasteiger charge is -2.17. The zero-order valence-electron chi connectivity index (χ0n) is 21.1. The van der Waals surface area contributed by atoms with Gasteiger partial charge in [-0.15, -0.1) is 0 Å². The topological polar surface area (TPSA) is 101 Å². The maximum absolute atomic E-state index is 13.4. The van der Waals surface area contributed by atoms with Crippen molar-refractivity contribution < 1.29 is 33.3 Å². The quantitative estimate of drug-likeness (QED) is 0.234. The molecule has 37 heavy (non-hydrogen) atoms. The second-order valence-corrected chi connectivity index (χ2v) is 8.03. The molecule has 0 aliphatic rings. The minimum absolute atomic E-state index is 0.0145. The molecule has 0 saturated carbocycles. The van der Waals surface area contributed by atoms with E-state index in [1.807, 2.05) is 60.7 Å². The van der Waals surface area contributed by atoms with Crippen LogP contribution in [0.25, 0.3) is 0 Å². The Labute approximate surface area is 216 Å². The van der Waals surface area contributed by atoms with Gasteiger partial charge in [-0.3, -0.25) is 9.78 Å². The van der Waals surface area contributed by atoms with Crippen LogP contribution in [0.2, 0.25) is 0 Å². The molecule has 0 saturated heterocycles. The molecule has 2 aromatic carbocycles. The van der Waals surface area contributed by atoms with Crippen LogP contribution in [0.1, 0.15) is 64.2 Å². The lowest BCUT2D eigenvalue weighted by Crippen LogP contribution is -2.20. The molecule has 0 N–H and O–H groups in total. The summed E-state index contributed by atoms with van der Waals surface area (Å²) in [6, 6.07) is 18.6. The Morgan fingerprint density at radius 3 is 1.95 bits per heavy atom. The maximum Gasteiger partial charge on any atom is 0.343 e. The first-order chi connectivity index (χ1) is 18.0. The predicted molar refractivity (Wildman–Crippen MR) is 136 cm³/mol. The molecule has 3 aromatic rings. The first-order valence-electron chi connectivity index (χ1n) is 12.3. The van der Waals surface area contributed by atoms with Gasteiger partial charge in [0, 0.05) is 6.42 Å². The molecule has 1 aromatic heterocycles.